The van der Waals surface area contributed by atoms with Crippen LogP contribution >= 0.6 is 0 Å². The average Bonchev–Trinajstić information content (AvgIpc) is 2.91. The molecule has 0 unspecified atom stereocenters. The second-order valence-corrected chi connectivity index (χ2v) is 4.76. The van der Waals surface area contributed by atoms with Crippen molar-refractivity contribution in [3.05, 3.63) is 41.7 Å². The Balaban J connectivity index is 2.23. The lowest BCUT2D eigenvalue weighted by atomic mass is 10.1. The van der Waals surface area contributed by atoms with E-state index in [0.29, 0.717) is 0 Å². The Hall–Kier alpha value is -2.36. The molecule has 3 rings (SSSR count). The van der Waals surface area contributed by atoms with Crippen LogP contribution in [0, 0.1) is 6.92 Å². The fourth-order valence-corrected chi connectivity index (χ4v) is 2.50. The highest BCUT2D eigenvalue weighted by atomic mass is 16.3. The Kier molecular flexibility index (Phi) is 3.14. The molecule has 1 aromatic carbocycles. The van der Waals surface area contributed by atoms with Gasteiger partial charge in [-0.15, -0.1) is 0 Å². The third-order valence-electron chi connectivity index (χ3n) is 3.51. The maximum absolute atomic E-state index is 6.01. The predicted octanol–water partition coefficient (Wildman–Crippen LogP) is 3.80. The molecule has 0 aliphatic carbocycles. The van der Waals surface area contributed by atoms with Gasteiger partial charge < -0.3 is 9.73 Å². The van der Waals surface area contributed by atoms with Gasteiger partial charge in [0, 0.05) is 18.0 Å². The molecular weight excluding hydrogens is 250 g/mol. The molecular formula is C16H17N3O. The SMILES string of the molecule is CCc1c(NC)ncnc1-c1cc2cccc(C)c2o1. The van der Waals surface area contributed by atoms with Crippen molar-refractivity contribution in [1.82, 2.24) is 9.97 Å². The number of benzene rings is 1. The minimum Gasteiger partial charge on any atom is -0.454 e. The van der Waals surface area contributed by atoms with Crippen molar-refractivity contribution in [3.63, 3.8) is 0 Å². The fraction of sp³-hybridized carbons (Fsp3) is 0.250. The predicted molar refractivity (Wildman–Crippen MR) is 80.9 cm³/mol. The van der Waals surface area contributed by atoms with E-state index in [0.717, 1.165) is 45.8 Å². The standard InChI is InChI=1S/C16H17N3O/c1-4-12-14(18-9-19-16(12)17-3)13-8-11-7-5-6-10(2)15(11)20-13/h5-9H,4H2,1-3H3,(H,17,18,19). The second kappa shape index (κ2) is 4.96. The lowest BCUT2D eigenvalue weighted by Crippen LogP contribution is -2.01. The summed E-state index contributed by atoms with van der Waals surface area (Å²) < 4.78 is 6.01. The number of nitrogens with zero attached hydrogens (tertiary/aromatic N) is 2. The van der Waals surface area contributed by atoms with Gasteiger partial charge in [-0.25, -0.2) is 9.97 Å². The molecule has 4 nitrogen and oxygen atoms in total. The number of rotatable bonds is 3. The number of hydrogen-bond donors (Lipinski definition) is 1. The van der Waals surface area contributed by atoms with Gasteiger partial charge in [-0.3, -0.25) is 0 Å². The molecule has 0 amide bonds. The Bertz CT molecular complexity index is 762. The molecule has 0 radical (unpaired) electrons. The van der Waals surface area contributed by atoms with E-state index in [9.17, 15) is 0 Å². The van der Waals surface area contributed by atoms with Gasteiger partial charge in [0.15, 0.2) is 5.76 Å². The first-order valence-electron chi connectivity index (χ1n) is 6.75. The number of furan rings is 1. The van der Waals surface area contributed by atoms with Gasteiger partial charge in [0.05, 0.1) is 0 Å². The van der Waals surface area contributed by atoms with E-state index < -0.39 is 0 Å². The number of aromatic nitrogens is 2. The quantitative estimate of drug-likeness (QED) is 0.784. The van der Waals surface area contributed by atoms with Crippen LogP contribution in [-0.2, 0) is 6.42 Å². The van der Waals surface area contributed by atoms with Crippen molar-refractivity contribution in [1.29, 1.82) is 0 Å². The highest BCUT2D eigenvalue weighted by Crippen LogP contribution is 2.32. The first-order chi connectivity index (χ1) is 9.74. The van der Waals surface area contributed by atoms with Crippen LogP contribution in [0.1, 0.15) is 18.1 Å². The molecule has 1 N–H and O–H groups in total. The van der Waals surface area contributed by atoms with E-state index in [1.54, 1.807) is 6.33 Å². The normalized spacial score (nSPS) is 10.9. The molecule has 102 valence electrons. The van der Waals surface area contributed by atoms with Gasteiger partial charge in [-0.2, -0.15) is 0 Å². The van der Waals surface area contributed by atoms with Gasteiger partial charge in [0.25, 0.3) is 0 Å². The van der Waals surface area contributed by atoms with Gasteiger partial charge in [-0.05, 0) is 25.0 Å². The van der Waals surface area contributed by atoms with Gasteiger partial charge >= 0.3 is 0 Å². The smallest absolute Gasteiger partial charge is 0.154 e. The van der Waals surface area contributed by atoms with E-state index in [1.807, 2.05) is 19.2 Å². The average molecular weight is 267 g/mol. The molecule has 3 aromatic rings. The van der Waals surface area contributed by atoms with Crippen LogP contribution in [-0.4, -0.2) is 17.0 Å². The second-order valence-electron chi connectivity index (χ2n) is 4.76. The van der Waals surface area contributed by atoms with Crippen molar-refractivity contribution < 1.29 is 4.42 Å². The molecule has 2 heterocycles. The molecule has 0 saturated carbocycles. The van der Waals surface area contributed by atoms with Crippen LogP contribution in [0.2, 0.25) is 0 Å². The Labute approximate surface area is 117 Å². The van der Waals surface area contributed by atoms with E-state index in [4.69, 9.17) is 4.42 Å². The summed E-state index contributed by atoms with van der Waals surface area (Å²) in [5, 5.41) is 4.21. The van der Waals surface area contributed by atoms with Crippen molar-refractivity contribution in [2.24, 2.45) is 0 Å². The van der Waals surface area contributed by atoms with Gasteiger partial charge in [0.1, 0.15) is 23.4 Å². The minimum absolute atomic E-state index is 0.796. The number of nitrogens with one attached hydrogen (secondary N) is 1. The van der Waals surface area contributed by atoms with Gasteiger partial charge in [0.2, 0.25) is 0 Å². The summed E-state index contributed by atoms with van der Waals surface area (Å²) >= 11 is 0. The molecule has 4 heteroatoms. The highest BCUT2D eigenvalue weighted by molar-refractivity contribution is 5.85. The summed E-state index contributed by atoms with van der Waals surface area (Å²) in [5.41, 5.74) is 4.00. The van der Waals surface area contributed by atoms with Crippen molar-refractivity contribution in [2.75, 3.05) is 12.4 Å². The topological polar surface area (TPSA) is 51.0 Å². The highest BCUT2D eigenvalue weighted by Gasteiger charge is 2.15. The van der Waals surface area contributed by atoms with E-state index in [1.165, 1.54) is 0 Å². The van der Waals surface area contributed by atoms with Crippen LogP contribution in [0.3, 0.4) is 0 Å². The number of fused-ring (bicyclic) bond motifs is 1. The van der Waals surface area contributed by atoms with Crippen LogP contribution in [0.15, 0.2) is 35.0 Å². The summed E-state index contributed by atoms with van der Waals surface area (Å²) in [4.78, 5) is 8.67. The number of aryl methyl sites for hydroxylation is 1. The Morgan fingerprint density at radius 3 is 2.80 bits per heavy atom. The molecule has 0 aliphatic rings. The molecule has 20 heavy (non-hydrogen) atoms. The van der Waals surface area contributed by atoms with Crippen LogP contribution in [0.4, 0.5) is 5.82 Å². The maximum Gasteiger partial charge on any atom is 0.154 e. The van der Waals surface area contributed by atoms with E-state index in [2.05, 4.69) is 41.3 Å². The van der Waals surface area contributed by atoms with Crippen LogP contribution in [0.5, 0.6) is 0 Å². The summed E-state index contributed by atoms with van der Waals surface area (Å²) in [6, 6.07) is 8.19. The molecule has 0 atom stereocenters. The first kappa shape index (κ1) is 12.7. The lowest BCUT2D eigenvalue weighted by Gasteiger charge is -2.08. The number of para-hydroxylation sites is 1. The third-order valence-corrected chi connectivity index (χ3v) is 3.51. The minimum atomic E-state index is 0.796. The van der Waals surface area contributed by atoms with Crippen molar-refractivity contribution >= 4 is 16.8 Å². The fourth-order valence-electron chi connectivity index (χ4n) is 2.50. The monoisotopic (exact) mass is 267 g/mol. The Morgan fingerprint density at radius 2 is 2.10 bits per heavy atom. The van der Waals surface area contributed by atoms with Crippen LogP contribution in [0.25, 0.3) is 22.4 Å². The third kappa shape index (κ3) is 1.93. The molecule has 0 bridgehead atoms. The van der Waals surface area contributed by atoms with Crippen molar-refractivity contribution in [3.8, 4) is 11.5 Å². The zero-order valence-corrected chi connectivity index (χ0v) is 11.9. The molecule has 0 saturated heterocycles. The van der Waals surface area contributed by atoms with Gasteiger partial charge in [-0.1, -0.05) is 25.1 Å². The number of hydrogen-bond acceptors (Lipinski definition) is 4. The summed E-state index contributed by atoms with van der Waals surface area (Å²) in [6.07, 6.45) is 2.42. The van der Waals surface area contributed by atoms with Crippen molar-refractivity contribution in [2.45, 2.75) is 20.3 Å². The van der Waals surface area contributed by atoms with E-state index >= 15 is 0 Å². The zero-order chi connectivity index (χ0) is 14.1. The summed E-state index contributed by atoms with van der Waals surface area (Å²) in [6.45, 7) is 4.15. The maximum atomic E-state index is 6.01. The first-order valence-corrected chi connectivity index (χ1v) is 6.75. The molecule has 0 fully saturated rings. The summed E-state index contributed by atoms with van der Waals surface area (Å²) in [7, 11) is 1.87. The number of anilines is 1. The summed E-state index contributed by atoms with van der Waals surface area (Å²) in [5.74, 6) is 1.65. The zero-order valence-electron chi connectivity index (χ0n) is 11.9. The molecule has 0 spiro atoms. The Morgan fingerprint density at radius 1 is 1.25 bits per heavy atom. The lowest BCUT2D eigenvalue weighted by molar-refractivity contribution is 0.624. The van der Waals surface area contributed by atoms with E-state index in [-0.39, 0.29) is 0 Å². The van der Waals surface area contributed by atoms with Crippen LogP contribution < -0.4 is 5.32 Å². The largest absolute Gasteiger partial charge is 0.454 e. The molecule has 2 aromatic heterocycles. The molecule has 0 aliphatic heterocycles.